The maximum Gasteiger partial charge on any atom is 0.242 e. The lowest BCUT2D eigenvalue weighted by molar-refractivity contribution is -0.135. The van der Waals surface area contributed by atoms with Gasteiger partial charge in [-0.2, -0.15) is 5.48 Å². The number of amides is 1. The molecule has 252 valence electrons. The Morgan fingerprint density at radius 3 is 2.22 bits per heavy atom. The number of benzene rings is 2. The molecule has 0 heterocycles. The van der Waals surface area contributed by atoms with Crippen LogP contribution >= 0.6 is 0 Å². The Bertz CT molecular complexity index is 1250. The van der Waals surface area contributed by atoms with Crippen molar-refractivity contribution in [2.24, 2.45) is 0 Å². The molecule has 0 aromatic heterocycles. The van der Waals surface area contributed by atoms with E-state index in [9.17, 15) is 19.6 Å². The summed E-state index contributed by atoms with van der Waals surface area (Å²) in [6.45, 7) is 7.49. The maximum atomic E-state index is 13.3. The van der Waals surface area contributed by atoms with Crippen LogP contribution < -0.4 is 15.5 Å². The molecule has 1 amide bonds. The monoisotopic (exact) mass is 634 g/mol. The molecule has 8 heteroatoms. The molecule has 0 spiro atoms. The highest BCUT2D eigenvalue weighted by atomic mass is 16.5. The zero-order valence-corrected chi connectivity index (χ0v) is 28.3. The van der Waals surface area contributed by atoms with Gasteiger partial charge in [-0.3, -0.25) is 14.4 Å². The molecule has 2 aromatic carbocycles. The molecule has 3 N–H and O–H groups in total. The van der Waals surface area contributed by atoms with Gasteiger partial charge in [-0.15, -0.1) is 0 Å². The van der Waals surface area contributed by atoms with E-state index in [4.69, 9.17) is 9.47 Å². The quantitative estimate of drug-likeness (QED) is 0.0663. The molecule has 0 bridgehead atoms. The smallest absolute Gasteiger partial charge is 0.242 e. The van der Waals surface area contributed by atoms with Crippen molar-refractivity contribution in [1.29, 1.82) is 0 Å². The minimum atomic E-state index is -1.27. The number of carbonyl (C=O) groups excluding carboxylic acids is 3. The third-order valence-electron chi connectivity index (χ3n) is 7.99. The van der Waals surface area contributed by atoms with Crippen molar-refractivity contribution in [3.8, 4) is 5.75 Å². The second-order valence-corrected chi connectivity index (χ2v) is 12.4. The number of allylic oxidation sites excluding steroid dienone is 4. The fourth-order valence-corrected chi connectivity index (χ4v) is 4.83. The summed E-state index contributed by atoms with van der Waals surface area (Å²) in [7, 11) is 1.62. The van der Waals surface area contributed by atoms with Gasteiger partial charge in [0.25, 0.3) is 0 Å². The Hall–Kier alpha value is -3.59. The Labute approximate surface area is 275 Å². The van der Waals surface area contributed by atoms with Crippen molar-refractivity contribution in [2.45, 2.75) is 110 Å². The molecule has 0 fully saturated rings. The standard InChI is InChI=1S/C38H54N2O6/c1-6-7-8-9-10-14-20-35(41)33(31-22-24-32(45-5)25-23-31)19-15-16-29(2)21-26-36(42)34(39-37(43)38(3,4)40-44)28-46-27-30-17-12-11-13-18-30/h11-13,15-19,22-25,33-34,40,44H,6-10,14,20-21,26-28H2,1-5H3,(H,39,43)/b19-15?,29-16+/t33?,34-/m1/s1. The number of carbonyl (C=O) groups is 3. The van der Waals surface area contributed by atoms with Gasteiger partial charge in [-0.05, 0) is 56.9 Å². The Balaban J connectivity index is 2.05. The summed E-state index contributed by atoms with van der Waals surface area (Å²) in [6, 6.07) is 16.3. The summed E-state index contributed by atoms with van der Waals surface area (Å²) in [5.41, 5.74) is 3.56. The summed E-state index contributed by atoms with van der Waals surface area (Å²) < 4.78 is 11.1. The third-order valence-corrected chi connectivity index (χ3v) is 7.99. The molecule has 0 aliphatic rings. The van der Waals surface area contributed by atoms with Crippen molar-refractivity contribution in [1.82, 2.24) is 10.8 Å². The number of hydrogen-bond donors (Lipinski definition) is 3. The van der Waals surface area contributed by atoms with Gasteiger partial charge >= 0.3 is 0 Å². The highest BCUT2D eigenvalue weighted by Crippen LogP contribution is 2.24. The first-order chi connectivity index (χ1) is 22.1. The largest absolute Gasteiger partial charge is 0.497 e. The highest BCUT2D eigenvalue weighted by Gasteiger charge is 2.31. The van der Waals surface area contributed by atoms with Crippen LogP contribution in [0.25, 0.3) is 0 Å². The van der Waals surface area contributed by atoms with E-state index in [-0.39, 0.29) is 30.5 Å². The van der Waals surface area contributed by atoms with Crippen LogP contribution in [0.2, 0.25) is 0 Å². The van der Waals surface area contributed by atoms with E-state index < -0.39 is 17.5 Å². The topological polar surface area (TPSA) is 114 Å². The van der Waals surface area contributed by atoms with Crippen LogP contribution in [-0.2, 0) is 25.7 Å². The van der Waals surface area contributed by atoms with Crippen LogP contribution in [0.4, 0.5) is 0 Å². The number of hydrogen-bond acceptors (Lipinski definition) is 7. The first-order valence-corrected chi connectivity index (χ1v) is 16.5. The number of methoxy groups -OCH3 is 1. The lowest BCUT2D eigenvalue weighted by Crippen LogP contribution is -2.56. The van der Waals surface area contributed by atoms with Gasteiger partial charge < -0.3 is 20.0 Å². The van der Waals surface area contributed by atoms with Gasteiger partial charge in [-0.1, -0.05) is 105 Å². The van der Waals surface area contributed by atoms with E-state index in [0.717, 1.165) is 41.7 Å². The van der Waals surface area contributed by atoms with E-state index in [1.165, 1.54) is 33.1 Å². The number of ether oxygens (including phenoxy) is 2. The minimum Gasteiger partial charge on any atom is -0.497 e. The SMILES string of the molecule is CCCCCCCCC(=O)C(C=C/C=C(\C)CCC(=O)[C@@H](COCc1ccccc1)NC(=O)C(C)(C)NO)c1ccc(OC)cc1. The number of Topliss-reactive ketones (excluding diaryl/α,β-unsaturated/α-hetero) is 2. The average molecular weight is 635 g/mol. The van der Waals surface area contributed by atoms with E-state index in [2.05, 4.69) is 12.2 Å². The molecule has 46 heavy (non-hydrogen) atoms. The highest BCUT2D eigenvalue weighted by molar-refractivity contribution is 5.92. The number of unbranched alkanes of at least 4 members (excludes halogenated alkanes) is 5. The van der Waals surface area contributed by atoms with E-state index in [1.807, 2.05) is 85.2 Å². The summed E-state index contributed by atoms with van der Waals surface area (Å²) in [4.78, 5) is 39.3. The Morgan fingerprint density at radius 2 is 1.57 bits per heavy atom. The zero-order valence-electron chi connectivity index (χ0n) is 28.3. The second kappa shape index (κ2) is 21.3. The molecule has 2 aromatic rings. The van der Waals surface area contributed by atoms with Crippen molar-refractivity contribution in [3.05, 3.63) is 89.5 Å². The van der Waals surface area contributed by atoms with Crippen LogP contribution in [0.15, 0.2) is 78.4 Å². The lowest BCUT2D eigenvalue weighted by Gasteiger charge is -2.25. The van der Waals surface area contributed by atoms with Crippen molar-refractivity contribution in [3.63, 3.8) is 0 Å². The fourth-order valence-electron chi connectivity index (χ4n) is 4.83. The first-order valence-electron chi connectivity index (χ1n) is 16.5. The van der Waals surface area contributed by atoms with Crippen molar-refractivity contribution >= 4 is 17.5 Å². The number of ketones is 2. The maximum absolute atomic E-state index is 13.3. The van der Waals surface area contributed by atoms with Crippen LogP contribution in [0.1, 0.15) is 103 Å². The van der Waals surface area contributed by atoms with Crippen molar-refractivity contribution < 1.29 is 29.1 Å². The molecule has 0 saturated heterocycles. The Kier molecular flexibility index (Phi) is 17.8. The first kappa shape index (κ1) is 38.6. The zero-order chi connectivity index (χ0) is 33.8. The lowest BCUT2D eigenvalue weighted by atomic mass is 9.91. The van der Waals surface area contributed by atoms with Crippen LogP contribution in [0.5, 0.6) is 5.75 Å². The summed E-state index contributed by atoms with van der Waals surface area (Å²) in [6.07, 6.45) is 13.7. The molecule has 0 radical (unpaired) electrons. The van der Waals surface area contributed by atoms with Crippen LogP contribution in [-0.4, -0.2) is 48.0 Å². The van der Waals surface area contributed by atoms with Gasteiger partial charge in [-0.25, -0.2) is 0 Å². The normalized spacial score (nSPS) is 13.4. The number of rotatable bonds is 23. The van der Waals surface area contributed by atoms with Gasteiger partial charge in [0.2, 0.25) is 5.91 Å². The third kappa shape index (κ3) is 14.2. The second-order valence-electron chi connectivity index (χ2n) is 12.4. The van der Waals surface area contributed by atoms with E-state index in [0.29, 0.717) is 19.4 Å². The predicted octanol–water partition coefficient (Wildman–Crippen LogP) is 7.41. The fraction of sp³-hybridized carbons (Fsp3) is 0.500. The van der Waals surface area contributed by atoms with Gasteiger partial charge in [0.15, 0.2) is 5.78 Å². The van der Waals surface area contributed by atoms with Crippen LogP contribution in [0, 0.1) is 0 Å². The molecule has 2 atom stereocenters. The van der Waals surface area contributed by atoms with Gasteiger partial charge in [0.05, 0.1) is 26.2 Å². The molecule has 2 rings (SSSR count). The minimum absolute atomic E-state index is 0.00783. The molecule has 0 aliphatic heterocycles. The van der Waals surface area contributed by atoms with E-state index in [1.54, 1.807) is 7.11 Å². The van der Waals surface area contributed by atoms with Crippen molar-refractivity contribution in [2.75, 3.05) is 13.7 Å². The van der Waals surface area contributed by atoms with Gasteiger partial charge in [0, 0.05) is 12.8 Å². The van der Waals surface area contributed by atoms with E-state index >= 15 is 0 Å². The summed E-state index contributed by atoms with van der Waals surface area (Å²) >= 11 is 0. The predicted molar refractivity (Wildman–Crippen MR) is 183 cm³/mol. The number of nitrogens with one attached hydrogen (secondary N) is 2. The molecule has 0 saturated carbocycles. The van der Waals surface area contributed by atoms with Gasteiger partial charge in [0.1, 0.15) is 23.1 Å². The summed E-state index contributed by atoms with van der Waals surface area (Å²) in [5, 5.41) is 12.1. The molecular weight excluding hydrogens is 580 g/mol. The molecule has 0 aliphatic carbocycles. The average Bonchev–Trinajstić information content (AvgIpc) is 3.07. The number of hydroxylamine groups is 1. The molecular formula is C38H54N2O6. The summed E-state index contributed by atoms with van der Waals surface area (Å²) in [5.74, 6) is -0.116. The van der Waals surface area contributed by atoms with Crippen LogP contribution in [0.3, 0.4) is 0 Å². The molecule has 8 nitrogen and oxygen atoms in total. The molecule has 1 unspecified atom stereocenters. The Morgan fingerprint density at radius 1 is 0.891 bits per heavy atom.